The molecule has 206 valence electrons. The van der Waals surface area contributed by atoms with Gasteiger partial charge in [0.1, 0.15) is 18.5 Å². The summed E-state index contributed by atoms with van der Waals surface area (Å²) in [6.45, 7) is 1.64. The van der Waals surface area contributed by atoms with E-state index in [1.54, 1.807) is 37.3 Å². The maximum absolute atomic E-state index is 15.2. The van der Waals surface area contributed by atoms with Crippen molar-refractivity contribution < 1.29 is 36.6 Å². The minimum atomic E-state index is -4.69. The van der Waals surface area contributed by atoms with E-state index in [0.29, 0.717) is 16.9 Å². The average molecular weight is 546 g/mol. The molecule has 2 heterocycles. The molecular weight excluding hydrogens is 518 g/mol. The van der Waals surface area contributed by atoms with Crippen LogP contribution in [0.1, 0.15) is 23.7 Å². The second-order valence-corrected chi connectivity index (χ2v) is 8.88. The first-order valence-electron chi connectivity index (χ1n) is 12.1. The first-order valence-corrected chi connectivity index (χ1v) is 12.1. The highest BCUT2D eigenvalue weighted by Gasteiger charge is 2.32. The van der Waals surface area contributed by atoms with Gasteiger partial charge in [-0.15, -0.1) is 13.2 Å². The summed E-state index contributed by atoms with van der Waals surface area (Å²) in [4.78, 5) is 16.3. The summed E-state index contributed by atoms with van der Waals surface area (Å²) in [5, 5.41) is 0.206. The molecule has 0 aliphatic carbocycles. The van der Waals surface area contributed by atoms with E-state index in [0.717, 1.165) is 6.20 Å². The Bertz CT molecular complexity index is 1470. The predicted octanol–water partition coefficient (Wildman–Crippen LogP) is 5.48. The van der Waals surface area contributed by atoms with Gasteiger partial charge in [-0.1, -0.05) is 18.2 Å². The zero-order valence-electron chi connectivity index (χ0n) is 21.3. The van der Waals surface area contributed by atoms with E-state index in [9.17, 15) is 18.0 Å². The monoisotopic (exact) mass is 545 g/mol. The lowest BCUT2D eigenvalue weighted by Crippen LogP contribution is -2.21. The number of alkyl halides is 3. The molecule has 4 rings (SSSR count). The molecule has 39 heavy (non-hydrogen) atoms. The third-order valence-corrected chi connectivity index (χ3v) is 6.02. The van der Waals surface area contributed by atoms with Gasteiger partial charge in [0, 0.05) is 42.6 Å². The van der Waals surface area contributed by atoms with Gasteiger partial charge in [0.15, 0.2) is 5.82 Å². The molecule has 0 bridgehead atoms. The van der Waals surface area contributed by atoms with Gasteiger partial charge < -0.3 is 19.9 Å². The number of hydrogen-bond donors (Lipinski definition) is 1. The van der Waals surface area contributed by atoms with Crippen LogP contribution in [0.5, 0.6) is 5.75 Å². The van der Waals surface area contributed by atoms with Crippen LogP contribution in [-0.4, -0.2) is 35.3 Å². The normalized spacial score (nSPS) is 12.5. The van der Waals surface area contributed by atoms with E-state index >= 15 is 4.39 Å². The SMILES string of the molecule is COCC(C)OC(=O)Cc1ccccc1OCc1cc(-c2ccnc(CN)c2F)c2ccn(C(F)(F)F)c2c1. The van der Waals surface area contributed by atoms with Crippen molar-refractivity contribution in [3.63, 3.8) is 0 Å². The molecule has 2 aromatic heterocycles. The van der Waals surface area contributed by atoms with Gasteiger partial charge in [0.2, 0.25) is 0 Å². The Morgan fingerprint density at radius 2 is 1.90 bits per heavy atom. The number of benzene rings is 2. The third kappa shape index (κ3) is 6.37. The molecule has 0 spiro atoms. The highest BCUT2D eigenvalue weighted by molar-refractivity contribution is 5.96. The molecule has 4 aromatic rings. The highest BCUT2D eigenvalue weighted by atomic mass is 19.4. The number of halogens is 4. The molecule has 0 radical (unpaired) electrons. The highest BCUT2D eigenvalue weighted by Crippen LogP contribution is 2.37. The number of esters is 1. The topological polar surface area (TPSA) is 88.6 Å². The fourth-order valence-electron chi connectivity index (χ4n) is 4.31. The fourth-order valence-corrected chi connectivity index (χ4v) is 4.31. The Morgan fingerprint density at radius 3 is 2.62 bits per heavy atom. The van der Waals surface area contributed by atoms with Crippen LogP contribution in [-0.2, 0) is 40.1 Å². The summed E-state index contributed by atoms with van der Waals surface area (Å²) < 4.78 is 72.8. The summed E-state index contributed by atoms with van der Waals surface area (Å²) >= 11 is 0. The molecule has 0 fully saturated rings. The van der Waals surface area contributed by atoms with Gasteiger partial charge in [-0.2, -0.15) is 0 Å². The first kappa shape index (κ1) is 28.1. The van der Waals surface area contributed by atoms with E-state index in [1.807, 2.05) is 0 Å². The second-order valence-electron chi connectivity index (χ2n) is 8.88. The smallest absolute Gasteiger partial charge is 0.488 e. The lowest BCUT2D eigenvalue weighted by Gasteiger charge is -2.16. The van der Waals surface area contributed by atoms with Gasteiger partial charge >= 0.3 is 12.3 Å². The molecule has 0 saturated heterocycles. The van der Waals surface area contributed by atoms with Crippen molar-refractivity contribution >= 4 is 16.9 Å². The van der Waals surface area contributed by atoms with E-state index in [2.05, 4.69) is 4.98 Å². The standard InChI is InChI=1S/C28H27F4N3O4/c1-17(15-37-2)39-26(36)13-19-5-3-4-6-25(19)38-16-18-11-22(21-7-9-34-23(14-33)27(21)29)20-8-10-35(24(20)12-18)28(30,31)32/h3-12,17H,13-16,33H2,1-2H3. The summed E-state index contributed by atoms with van der Waals surface area (Å²) in [7, 11) is 1.50. The quantitative estimate of drug-likeness (QED) is 0.210. The van der Waals surface area contributed by atoms with Crippen LogP contribution < -0.4 is 10.5 Å². The fraction of sp³-hybridized carbons (Fsp3) is 0.286. The lowest BCUT2D eigenvalue weighted by molar-refractivity contribution is -0.200. The molecule has 0 aliphatic rings. The number of para-hydroxylation sites is 1. The van der Waals surface area contributed by atoms with Crippen molar-refractivity contribution in [3.05, 3.63) is 83.6 Å². The average Bonchev–Trinajstić information content (AvgIpc) is 3.33. The molecule has 2 aromatic carbocycles. The number of hydrogen-bond acceptors (Lipinski definition) is 6. The molecular formula is C28H27F4N3O4. The van der Waals surface area contributed by atoms with Crippen molar-refractivity contribution in [2.24, 2.45) is 5.73 Å². The van der Waals surface area contributed by atoms with Crippen molar-refractivity contribution in [1.82, 2.24) is 9.55 Å². The number of carbonyl (C=O) groups is 1. The number of aromatic nitrogens is 2. The zero-order chi connectivity index (χ0) is 28.2. The maximum atomic E-state index is 15.2. The largest absolute Gasteiger partial charge is 0.489 e. The van der Waals surface area contributed by atoms with Gasteiger partial charge in [0.05, 0.1) is 24.2 Å². The Morgan fingerprint density at radius 1 is 1.13 bits per heavy atom. The molecule has 1 atom stereocenters. The van der Waals surface area contributed by atoms with E-state index < -0.39 is 24.2 Å². The Labute approximate surface area is 222 Å². The van der Waals surface area contributed by atoms with Crippen LogP contribution >= 0.6 is 0 Å². The van der Waals surface area contributed by atoms with E-state index in [4.69, 9.17) is 19.9 Å². The van der Waals surface area contributed by atoms with Gasteiger partial charge in [-0.25, -0.2) is 4.39 Å². The molecule has 0 aliphatic heterocycles. The number of methoxy groups -OCH3 is 1. The Balaban J connectivity index is 1.68. The van der Waals surface area contributed by atoms with Crippen LogP contribution in [0.2, 0.25) is 0 Å². The summed E-state index contributed by atoms with van der Waals surface area (Å²) in [5.74, 6) is -0.820. The van der Waals surface area contributed by atoms with Crippen molar-refractivity contribution in [3.8, 4) is 16.9 Å². The van der Waals surface area contributed by atoms with E-state index in [1.165, 1.54) is 31.5 Å². The maximum Gasteiger partial charge on any atom is 0.488 e. The molecule has 2 N–H and O–H groups in total. The minimum absolute atomic E-state index is 0.00168. The number of nitrogens with zero attached hydrogens (tertiary/aromatic N) is 2. The second kappa shape index (κ2) is 11.8. The van der Waals surface area contributed by atoms with Crippen LogP contribution in [0.3, 0.4) is 0 Å². The number of pyridine rings is 1. The predicted molar refractivity (Wildman–Crippen MR) is 136 cm³/mol. The van der Waals surface area contributed by atoms with E-state index in [-0.39, 0.29) is 58.5 Å². The van der Waals surface area contributed by atoms with Crippen LogP contribution in [0.15, 0.2) is 60.9 Å². The van der Waals surface area contributed by atoms with Crippen LogP contribution in [0, 0.1) is 5.82 Å². The Kier molecular flexibility index (Phi) is 8.51. The van der Waals surface area contributed by atoms with Crippen molar-refractivity contribution in [2.75, 3.05) is 13.7 Å². The summed E-state index contributed by atoms with van der Waals surface area (Å²) in [5.41, 5.74) is 6.65. The Hall–Kier alpha value is -3.96. The molecule has 7 nitrogen and oxygen atoms in total. The van der Waals surface area contributed by atoms with Crippen LogP contribution in [0.4, 0.5) is 17.6 Å². The lowest BCUT2D eigenvalue weighted by atomic mass is 9.98. The first-order chi connectivity index (χ1) is 18.6. The minimum Gasteiger partial charge on any atom is -0.489 e. The van der Waals surface area contributed by atoms with Crippen LogP contribution in [0.25, 0.3) is 22.0 Å². The summed E-state index contributed by atoms with van der Waals surface area (Å²) in [6, 6.07) is 12.4. The van der Waals surface area contributed by atoms with Crippen molar-refractivity contribution in [2.45, 2.75) is 38.9 Å². The number of fused-ring (bicyclic) bond motifs is 1. The number of ether oxygens (including phenoxy) is 3. The number of carbonyl (C=O) groups excluding carboxylic acids is 1. The zero-order valence-corrected chi connectivity index (χ0v) is 21.3. The number of nitrogens with two attached hydrogens (primary N) is 1. The molecule has 11 heteroatoms. The molecule has 0 saturated carbocycles. The van der Waals surface area contributed by atoms with Gasteiger partial charge in [-0.05, 0) is 48.4 Å². The molecule has 0 amide bonds. The number of rotatable bonds is 10. The van der Waals surface area contributed by atoms with Gasteiger partial charge in [0.25, 0.3) is 0 Å². The molecule has 1 unspecified atom stereocenters. The summed E-state index contributed by atoms with van der Waals surface area (Å²) in [6.07, 6.45) is -2.94. The third-order valence-electron chi connectivity index (χ3n) is 6.02. The van der Waals surface area contributed by atoms with Crippen molar-refractivity contribution in [1.29, 1.82) is 0 Å². The van der Waals surface area contributed by atoms with Gasteiger partial charge in [-0.3, -0.25) is 14.3 Å².